The van der Waals surface area contributed by atoms with Gasteiger partial charge in [-0.25, -0.2) is 4.52 Å². The number of carbonyl (C=O) groups is 1. The van der Waals surface area contributed by atoms with Crippen LogP contribution in [0.25, 0.3) is 5.52 Å². The number of pyridine rings is 2. The molecule has 3 aromatic rings. The van der Waals surface area contributed by atoms with Gasteiger partial charge in [0.25, 0.3) is 5.91 Å². The molecule has 0 aliphatic carbocycles. The first-order valence-corrected chi connectivity index (χ1v) is 8.85. The number of aromatic nitrogens is 3. The zero-order valence-electron chi connectivity index (χ0n) is 13.9. The summed E-state index contributed by atoms with van der Waals surface area (Å²) >= 11 is 17.4. The second kappa shape index (κ2) is 7.57. The molecule has 6 nitrogen and oxygen atoms in total. The Hall–Kier alpha value is -2.22. The van der Waals surface area contributed by atoms with Crippen LogP contribution >= 0.6 is 35.4 Å². The molecule has 0 unspecified atom stereocenters. The Morgan fingerprint density at radius 1 is 1.31 bits per heavy atom. The molecule has 3 rings (SSSR count). The highest BCUT2D eigenvalue weighted by atomic mass is 35.5. The number of hydrogen-bond acceptors (Lipinski definition) is 5. The van der Waals surface area contributed by atoms with E-state index in [9.17, 15) is 4.79 Å². The van der Waals surface area contributed by atoms with Crippen molar-refractivity contribution in [1.82, 2.24) is 14.6 Å². The highest BCUT2D eigenvalue weighted by Crippen LogP contribution is 2.29. The van der Waals surface area contributed by atoms with Gasteiger partial charge in [0, 0.05) is 18.1 Å². The lowest BCUT2D eigenvalue weighted by Crippen LogP contribution is -2.14. The minimum absolute atomic E-state index is 0.251. The predicted octanol–water partition coefficient (Wildman–Crippen LogP) is 4.31. The van der Waals surface area contributed by atoms with Crippen LogP contribution in [0.3, 0.4) is 0 Å². The highest BCUT2D eigenvalue weighted by molar-refractivity contribution is 7.80. The van der Waals surface area contributed by atoms with Gasteiger partial charge in [-0.05, 0) is 44.3 Å². The molecule has 0 radical (unpaired) electrons. The summed E-state index contributed by atoms with van der Waals surface area (Å²) in [4.78, 5) is 16.7. The van der Waals surface area contributed by atoms with Crippen LogP contribution in [-0.4, -0.2) is 32.2 Å². The Labute approximate surface area is 165 Å². The van der Waals surface area contributed by atoms with Gasteiger partial charge in [-0.15, -0.1) is 0 Å². The summed E-state index contributed by atoms with van der Waals surface area (Å²) in [7, 11) is 0. The number of amides is 1. The van der Waals surface area contributed by atoms with Crippen LogP contribution in [0.15, 0.2) is 30.6 Å². The molecule has 0 fully saturated rings. The summed E-state index contributed by atoms with van der Waals surface area (Å²) in [6.45, 7) is 4.16. The van der Waals surface area contributed by atoms with Crippen LogP contribution in [0, 0.1) is 6.92 Å². The zero-order valence-corrected chi connectivity index (χ0v) is 16.2. The molecule has 0 saturated heterocycles. The number of nitrogens with zero attached hydrogens (tertiary/aromatic N) is 3. The number of halogens is 2. The van der Waals surface area contributed by atoms with E-state index >= 15 is 0 Å². The molecule has 0 atom stereocenters. The maximum atomic E-state index is 12.8. The number of aryl methyl sites for hydroxylation is 1. The predicted molar refractivity (Wildman–Crippen MR) is 105 cm³/mol. The molecule has 1 amide bonds. The highest BCUT2D eigenvalue weighted by Gasteiger charge is 2.18. The van der Waals surface area contributed by atoms with Gasteiger partial charge in [0.15, 0.2) is 0 Å². The Balaban J connectivity index is 2.03. The van der Waals surface area contributed by atoms with Gasteiger partial charge in [-0.2, -0.15) is 5.10 Å². The van der Waals surface area contributed by atoms with Gasteiger partial charge >= 0.3 is 0 Å². The summed E-state index contributed by atoms with van der Waals surface area (Å²) in [5.41, 5.74) is 2.64. The molecule has 0 spiro atoms. The lowest BCUT2D eigenvalue weighted by molar-refractivity contribution is 0.102. The fourth-order valence-electron chi connectivity index (χ4n) is 2.41. The van der Waals surface area contributed by atoms with Crippen molar-refractivity contribution < 1.29 is 9.53 Å². The minimum Gasteiger partial charge on any atom is -0.482 e. The van der Waals surface area contributed by atoms with E-state index in [1.165, 1.54) is 12.4 Å². The fourth-order valence-corrected chi connectivity index (χ4v) is 3.09. The molecule has 9 heteroatoms. The maximum Gasteiger partial charge on any atom is 0.257 e. The van der Waals surface area contributed by atoms with Crippen molar-refractivity contribution in [3.63, 3.8) is 0 Å². The van der Waals surface area contributed by atoms with Crippen LogP contribution in [0.5, 0.6) is 0 Å². The molecule has 0 saturated carbocycles. The molecule has 26 heavy (non-hydrogen) atoms. The van der Waals surface area contributed by atoms with Crippen LogP contribution in [-0.2, 0) is 4.74 Å². The summed E-state index contributed by atoms with van der Waals surface area (Å²) in [5, 5.41) is 7.93. The van der Waals surface area contributed by atoms with Gasteiger partial charge < -0.3 is 10.1 Å². The normalized spacial score (nSPS) is 10.8. The molecular weight excluding hydrogens is 395 g/mol. The lowest BCUT2D eigenvalue weighted by atomic mass is 10.2. The minimum atomic E-state index is -0.376. The smallest absolute Gasteiger partial charge is 0.257 e. The number of nitrogens with one attached hydrogen (secondary N) is 1. The third-order valence-electron chi connectivity index (χ3n) is 3.63. The summed E-state index contributed by atoms with van der Waals surface area (Å²) in [5.74, 6) is -0.376. The van der Waals surface area contributed by atoms with Gasteiger partial charge in [0.05, 0.1) is 33.4 Å². The first kappa shape index (κ1) is 18.6. The van der Waals surface area contributed by atoms with Crippen molar-refractivity contribution in [2.24, 2.45) is 0 Å². The van der Waals surface area contributed by atoms with Gasteiger partial charge in [-0.1, -0.05) is 23.2 Å². The number of ether oxygens (including phenoxy) is 1. The lowest BCUT2D eigenvalue weighted by Gasteiger charge is -2.10. The van der Waals surface area contributed by atoms with Crippen LogP contribution in [0.2, 0.25) is 10.0 Å². The molecule has 0 aliphatic heterocycles. The Bertz CT molecular complexity index is 999. The molecular formula is C17H14Cl2N4O2S. The van der Waals surface area contributed by atoms with Crippen molar-refractivity contribution in [2.45, 2.75) is 13.8 Å². The average Bonchev–Trinajstić information content (AvgIpc) is 3.05. The van der Waals surface area contributed by atoms with Gasteiger partial charge in [0.1, 0.15) is 5.69 Å². The van der Waals surface area contributed by atoms with Crippen molar-refractivity contribution in [1.29, 1.82) is 0 Å². The van der Waals surface area contributed by atoms with Crippen molar-refractivity contribution in [3.05, 3.63) is 57.6 Å². The molecule has 0 aliphatic rings. The quantitative estimate of drug-likeness (QED) is 0.651. The van der Waals surface area contributed by atoms with Gasteiger partial charge in [0.2, 0.25) is 5.05 Å². The number of anilines is 1. The Kier molecular flexibility index (Phi) is 5.41. The third-order valence-corrected chi connectivity index (χ3v) is 4.53. The second-order valence-corrected chi connectivity index (χ2v) is 6.55. The monoisotopic (exact) mass is 408 g/mol. The summed E-state index contributed by atoms with van der Waals surface area (Å²) in [6.07, 6.45) is 2.82. The Morgan fingerprint density at radius 3 is 2.65 bits per heavy atom. The van der Waals surface area contributed by atoms with E-state index in [1.807, 2.05) is 13.8 Å². The molecule has 0 bridgehead atoms. The molecule has 3 aromatic heterocycles. The average molecular weight is 409 g/mol. The van der Waals surface area contributed by atoms with E-state index in [2.05, 4.69) is 15.4 Å². The fraction of sp³-hybridized carbons (Fsp3) is 0.176. The van der Waals surface area contributed by atoms with E-state index < -0.39 is 0 Å². The number of hydrogen-bond donors (Lipinski definition) is 1. The van der Waals surface area contributed by atoms with E-state index in [0.717, 1.165) is 5.69 Å². The van der Waals surface area contributed by atoms with Crippen LogP contribution in [0.1, 0.15) is 28.7 Å². The molecule has 3 heterocycles. The number of thiocarbonyl (C=S) groups is 1. The Morgan fingerprint density at radius 2 is 2.00 bits per heavy atom. The topological polar surface area (TPSA) is 68.5 Å². The zero-order chi connectivity index (χ0) is 18.8. The number of carbonyl (C=O) groups excluding carboxylic acids is 1. The SMILES string of the molecule is CCOC(=S)c1cc2c(C(=O)Nc3c(Cl)cncc3Cl)ccc(C)n2n1. The number of rotatable bonds is 4. The molecule has 1 N–H and O–H groups in total. The molecule has 134 valence electrons. The van der Waals surface area contributed by atoms with E-state index in [1.54, 1.807) is 22.7 Å². The van der Waals surface area contributed by atoms with Crippen molar-refractivity contribution >= 4 is 57.6 Å². The maximum absolute atomic E-state index is 12.8. The van der Waals surface area contributed by atoms with Crippen LogP contribution in [0.4, 0.5) is 5.69 Å². The first-order valence-electron chi connectivity index (χ1n) is 7.69. The largest absolute Gasteiger partial charge is 0.482 e. The first-order chi connectivity index (χ1) is 12.4. The summed E-state index contributed by atoms with van der Waals surface area (Å²) < 4.78 is 6.98. The van der Waals surface area contributed by atoms with E-state index in [0.29, 0.717) is 29.1 Å². The second-order valence-electron chi connectivity index (χ2n) is 5.37. The summed E-state index contributed by atoms with van der Waals surface area (Å²) in [6, 6.07) is 5.21. The van der Waals surface area contributed by atoms with E-state index in [-0.39, 0.29) is 21.0 Å². The van der Waals surface area contributed by atoms with Crippen molar-refractivity contribution in [2.75, 3.05) is 11.9 Å². The van der Waals surface area contributed by atoms with Crippen molar-refractivity contribution in [3.8, 4) is 0 Å². The standard InChI is InChI=1S/C17H14Cl2N4O2S/c1-3-25-17(26)13-6-14-10(5-4-9(2)23(14)22-13)16(24)21-15-11(18)7-20-8-12(15)19/h4-8H,3H2,1-2H3,(H,20,21,24). The van der Waals surface area contributed by atoms with E-state index in [4.69, 9.17) is 40.2 Å². The van der Waals surface area contributed by atoms with Gasteiger partial charge in [-0.3, -0.25) is 9.78 Å². The molecule has 0 aromatic carbocycles. The number of fused-ring (bicyclic) bond motifs is 1. The third kappa shape index (κ3) is 3.51. The van der Waals surface area contributed by atoms with Crippen LogP contribution < -0.4 is 5.32 Å².